The predicted molar refractivity (Wildman–Crippen MR) is 79.2 cm³/mol. The van der Waals surface area contributed by atoms with Crippen LogP contribution in [-0.2, 0) is 4.79 Å². The summed E-state index contributed by atoms with van der Waals surface area (Å²) in [6.45, 7) is 0. The SMILES string of the molecule is Nc1ccc(-c2nc3ccc(NC=O)cc3s2)cc1. The highest BCUT2D eigenvalue weighted by Crippen LogP contribution is 2.31. The molecule has 0 aliphatic heterocycles. The van der Waals surface area contributed by atoms with E-state index in [2.05, 4.69) is 10.3 Å². The van der Waals surface area contributed by atoms with Crippen LogP contribution >= 0.6 is 11.3 Å². The normalized spacial score (nSPS) is 10.5. The second-order valence-electron chi connectivity index (χ2n) is 4.09. The average Bonchev–Trinajstić information content (AvgIpc) is 2.83. The van der Waals surface area contributed by atoms with Gasteiger partial charge in [-0.15, -0.1) is 11.3 Å². The maximum Gasteiger partial charge on any atom is 0.211 e. The van der Waals surface area contributed by atoms with Crippen LogP contribution in [0.25, 0.3) is 20.8 Å². The maximum atomic E-state index is 10.4. The number of rotatable bonds is 3. The van der Waals surface area contributed by atoms with Gasteiger partial charge in [-0.05, 0) is 42.5 Å². The molecule has 0 saturated heterocycles. The first kappa shape index (κ1) is 11.7. The smallest absolute Gasteiger partial charge is 0.211 e. The van der Waals surface area contributed by atoms with E-state index in [4.69, 9.17) is 5.73 Å². The Hall–Kier alpha value is -2.40. The van der Waals surface area contributed by atoms with Crippen molar-refractivity contribution in [3.8, 4) is 10.6 Å². The summed E-state index contributed by atoms with van der Waals surface area (Å²) >= 11 is 1.59. The van der Waals surface area contributed by atoms with Crippen LogP contribution in [0.15, 0.2) is 42.5 Å². The van der Waals surface area contributed by atoms with E-state index in [-0.39, 0.29) is 0 Å². The van der Waals surface area contributed by atoms with E-state index in [1.807, 2.05) is 42.5 Å². The molecule has 1 heterocycles. The number of carbonyl (C=O) groups excluding carboxylic acids is 1. The first-order valence-electron chi connectivity index (χ1n) is 5.73. The molecule has 3 rings (SSSR count). The average molecular weight is 269 g/mol. The summed E-state index contributed by atoms with van der Waals surface area (Å²) in [5, 5.41) is 3.58. The quantitative estimate of drug-likeness (QED) is 0.567. The third-order valence-electron chi connectivity index (χ3n) is 2.77. The van der Waals surface area contributed by atoms with E-state index >= 15 is 0 Å². The Morgan fingerprint density at radius 1 is 1.16 bits per heavy atom. The van der Waals surface area contributed by atoms with Crippen LogP contribution in [0.3, 0.4) is 0 Å². The van der Waals surface area contributed by atoms with Gasteiger partial charge in [0.15, 0.2) is 0 Å². The number of carbonyl (C=O) groups is 1. The zero-order valence-corrected chi connectivity index (χ0v) is 10.8. The fourth-order valence-corrected chi connectivity index (χ4v) is 2.84. The lowest BCUT2D eigenvalue weighted by molar-refractivity contribution is -0.105. The van der Waals surface area contributed by atoms with E-state index in [1.165, 1.54) is 0 Å². The molecule has 0 fully saturated rings. The molecule has 0 bridgehead atoms. The van der Waals surface area contributed by atoms with Gasteiger partial charge in [-0.2, -0.15) is 0 Å². The number of amides is 1. The van der Waals surface area contributed by atoms with Gasteiger partial charge in [0, 0.05) is 16.9 Å². The highest BCUT2D eigenvalue weighted by atomic mass is 32.1. The van der Waals surface area contributed by atoms with Crippen molar-refractivity contribution in [3.05, 3.63) is 42.5 Å². The van der Waals surface area contributed by atoms with E-state index in [1.54, 1.807) is 11.3 Å². The topological polar surface area (TPSA) is 68.0 Å². The molecular formula is C14H11N3OS. The molecule has 5 heteroatoms. The molecular weight excluding hydrogens is 258 g/mol. The maximum absolute atomic E-state index is 10.4. The molecule has 0 saturated carbocycles. The lowest BCUT2D eigenvalue weighted by Gasteiger charge is -1.95. The summed E-state index contributed by atoms with van der Waals surface area (Å²) in [6, 6.07) is 13.3. The van der Waals surface area contributed by atoms with Crippen molar-refractivity contribution in [2.24, 2.45) is 0 Å². The molecule has 2 aromatic carbocycles. The van der Waals surface area contributed by atoms with Gasteiger partial charge in [-0.25, -0.2) is 4.98 Å². The minimum atomic E-state index is 0.670. The molecule has 94 valence electrons. The monoisotopic (exact) mass is 269 g/mol. The van der Waals surface area contributed by atoms with Gasteiger partial charge >= 0.3 is 0 Å². The molecule has 0 atom stereocenters. The number of benzene rings is 2. The Morgan fingerprint density at radius 3 is 2.68 bits per heavy atom. The Morgan fingerprint density at radius 2 is 1.95 bits per heavy atom. The van der Waals surface area contributed by atoms with Crippen LogP contribution in [-0.4, -0.2) is 11.4 Å². The van der Waals surface area contributed by atoms with Crippen molar-refractivity contribution in [1.29, 1.82) is 0 Å². The van der Waals surface area contributed by atoms with Crippen molar-refractivity contribution in [2.75, 3.05) is 11.1 Å². The second-order valence-corrected chi connectivity index (χ2v) is 5.12. The summed E-state index contributed by atoms with van der Waals surface area (Å²) in [6.07, 6.45) is 0.670. The van der Waals surface area contributed by atoms with E-state index < -0.39 is 0 Å². The fourth-order valence-electron chi connectivity index (χ4n) is 1.83. The van der Waals surface area contributed by atoms with Gasteiger partial charge in [0.05, 0.1) is 10.2 Å². The number of aromatic nitrogens is 1. The standard InChI is InChI=1S/C14H11N3OS/c15-10-3-1-9(2-4-10)14-17-12-6-5-11(16-8-18)7-13(12)19-14/h1-8H,15H2,(H,16,18). The molecule has 0 spiro atoms. The molecule has 1 amide bonds. The van der Waals surface area contributed by atoms with Crippen LogP contribution in [0.4, 0.5) is 11.4 Å². The van der Waals surface area contributed by atoms with Crippen molar-refractivity contribution in [3.63, 3.8) is 0 Å². The molecule has 1 aromatic heterocycles. The second kappa shape index (κ2) is 4.70. The van der Waals surface area contributed by atoms with Crippen LogP contribution in [0.2, 0.25) is 0 Å². The molecule has 4 nitrogen and oxygen atoms in total. The molecule has 0 aliphatic rings. The summed E-state index contributed by atoms with van der Waals surface area (Å²) in [5.41, 5.74) is 9.15. The Kier molecular flexibility index (Phi) is 2.89. The van der Waals surface area contributed by atoms with E-state index in [0.717, 1.165) is 32.2 Å². The lowest BCUT2D eigenvalue weighted by atomic mass is 10.2. The summed E-state index contributed by atoms with van der Waals surface area (Å²) < 4.78 is 1.04. The van der Waals surface area contributed by atoms with Crippen LogP contribution in [0, 0.1) is 0 Å². The number of nitrogen functional groups attached to an aromatic ring is 1. The molecule has 19 heavy (non-hydrogen) atoms. The van der Waals surface area contributed by atoms with Crippen LogP contribution in [0.5, 0.6) is 0 Å². The molecule has 0 aliphatic carbocycles. The summed E-state index contributed by atoms with van der Waals surface area (Å²) in [4.78, 5) is 15.0. The van der Waals surface area contributed by atoms with Crippen molar-refractivity contribution in [1.82, 2.24) is 4.98 Å². The molecule has 0 unspecified atom stereocenters. The van der Waals surface area contributed by atoms with Gasteiger partial charge < -0.3 is 11.1 Å². The highest BCUT2D eigenvalue weighted by Gasteiger charge is 2.06. The first-order chi connectivity index (χ1) is 9.26. The Balaban J connectivity index is 2.05. The number of anilines is 2. The van der Waals surface area contributed by atoms with Crippen molar-refractivity contribution >= 4 is 39.3 Å². The Labute approximate surface area is 113 Å². The van der Waals surface area contributed by atoms with Crippen molar-refractivity contribution in [2.45, 2.75) is 0 Å². The zero-order chi connectivity index (χ0) is 13.2. The number of nitrogens with two attached hydrogens (primary N) is 1. The van der Waals surface area contributed by atoms with E-state index in [0.29, 0.717) is 6.41 Å². The third-order valence-corrected chi connectivity index (χ3v) is 3.84. The predicted octanol–water partition coefficient (Wildman–Crippen LogP) is 3.11. The van der Waals surface area contributed by atoms with Crippen molar-refractivity contribution < 1.29 is 4.79 Å². The van der Waals surface area contributed by atoms with Gasteiger partial charge in [0.2, 0.25) is 6.41 Å². The minimum absolute atomic E-state index is 0.670. The van der Waals surface area contributed by atoms with Crippen LogP contribution < -0.4 is 11.1 Å². The number of thiazole rings is 1. The van der Waals surface area contributed by atoms with Gasteiger partial charge in [0.1, 0.15) is 5.01 Å². The fraction of sp³-hybridized carbons (Fsp3) is 0. The van der Waals surface area contributed by atoms with Gasteiger partial charge in [-0.1, -0.05) is 0 Å². The number of fused-ring (bicyclic) bond motifs is 1. The minimum Gasteiger partial charge on any atom is -0.399 e. The number of hydrogen-bond acceptors (Lipinski definition) is 4. The highest BCUT2D eigenvalue weighted by molar-refractivity contribution is 7.21. The first-order valence-corrected chi connectivity index (χ1v) is 6.54. The van der Waals surface area contributed by atoms with Gasteiger partial charge in [0.25, 0.3) is 0 Å². The third kappa shape index (κ3) is 2.28. The molecule has 3 aromatic rings. The largest absolute Gasteiger partial charge is 0.399 e. The number of nitrogens with zero attached hydrogens (tertiary/aromatic N) is 1. The molecule has 3 N–H and O–H groups in total. The summed E-state index contributed by atoms with van der Waals surface area (Å²) in [7, 11) is 0. The number of nitrogens with one attached hydrogen (secondary N) is 1. The zero-order valence-electron chi connectivity index (χ0n) is 9.96. The van der Waals surface area contributed by atoms with Crippen LogP contribution in [0.1, 0.15) is 0 Å². The van der Waals surface area contributed by atoms with Gasteiger partial charge in [-0.3, -0.25) is 4.79 Å². The Bertz CT molecular complexity index is 734. The number of hydrogen-bond donors (Lipinski definition) is 2. The molecule has 0 radical (unpaired) electrons. The summed E-state index contributed by atoms with van der Waals surface area (Å²) in [5.74, 6) is 0. The van der Waals surface area contributed by atoms with E-state index in [9.17, 15) is 4.79 Å². The lowest BCUT2D eigenvalue weighted by Crippen LogP contribution is -1.92.